The molecule has 0 bridgehead atoms. The second-order valence-corrected chi connectivity index (χ2v) is 3.85. The van der Waals surface area contributed by atoms with Crippen LogP contribution in [0, 0.1) is 11.6 Å². The average Bonchev–Trinajstić information content (AvgIpc) is 2.30. The highest BCUT2D eigenvalue weighted by atomic mass is 19.4. The molecule has 20 heavy (non-hydrogen) atoms. The molecule has 2 aromatic carbocycles. The van der Waals surface area contributed by atoms with Gasteiger partial charge in [0.25, 0.3) is 0 Å². The number of ether oxygens (including phenoxy) is 1. The SMILES string of the molecule is Oc1ccc(-c2ccc(F)cc2F)cc1OC(F)(F)F. The summed E-state index contributed by atoms with van der Waals surface area (Å²) in [4.78, 5) is 0. The van der Waals surface area contributed by atoms with Crippen molar-refractivity contribution in [2.75, 3.05) is 0 Å². The first kappa shape index (κ1) is 14.1. The maximum Gasteiger partial charge on any atom is 0.573 e. The summed E-state index contributed by atoms with van der Waals surface area (Å²) in [7, 11) is 0. The number of hydrogen-bond donors (Lipinski definition) is 1. The molecule has 0 atom stereocenters. The molecule has 0 aliphatic heterocycles. The van der Waals surface area contributed by atoms with E-state index >= 15 is 0 Å². The predicted molar refractivity (Wildman–Crippen MR) is 60.1 cm³/mol. The Hall–Kier alpha value is -2.31. The van der Waals surface area contributed by atoms with Crippen LogP contribution in [0.1, 0.15) is 0 Å². The number of alkyl halides is 3. The van der Waals surface area contributed by atoms with Crippen molar-refractivity contribution < 1.29 is 31.8 Å². The normalized spacial score (nSPS) is 11.4. The fourth-order valence-electron chi connectivity index (χ4n) is 1.61. The Morgan fingerprint density at radius 2 is 1.65 bits per heavy atom. The van der Waals surface area contributed by atoms with Gasteiger partial charge >= 0.3 is 6.36 Å². The molecule has 0 saturated carbocycles. The van der Waals surface area contributed by atoms with Crippen molar-refractivity contribution >= 4 is 0 Å². The first-order chi connectivity index (χ1) is 9.26. The minimum absolute atomic E-state index is 0.0135. The molecule has 0 aromatic heterocycles. The van der Waals surface area contributed by atoms with Gasteiger partial charge in [-0.3, -0.25) is 0 Å². The third-order valence-electron chi connectivity index (χ3n) is 2.43. The number of hydrogen-bond acceptors (Lipinski definition) is 2. The minimum atomic E-state index is -4.99. The topological polar surface area (TPSA) is 29.5 Å². The van der Waals surface area contributed by atoms with Gasteiger partial charge in [-0.15, -0.1) is 13.2 Å². The van der Waals surface area contributed by atoms with Crippen LogP contribution in [-0.4, -0.2) is 11.5 Å². The number of benzene rings is 2. The quantitative estimate of drug-likeness (QED) is 0.838. The first-order valence-electron chi connectivity index (χ1n) is 5.30. The molecule has 0 heterocycles. The maximum absolute atomic E-state index is 13.5. The summed E-state index contributed by atoms with van der Waals surface area (Å²) in [6.07, 6.45) is -4.99. The Kier molecular flexibility index (Phi) is 3.52. The summed E-state index contributed by atoms with van der Waals surface area (Å²) in [5, 5.41) is 9.28. The summed E-state index contributed by atoms with van der Waals surface area (Å²) >= 11 is 0. The summed E-state index contributed by atoms with van der Waals surface area (Å²) in [5.74, 6) is -3.35. The molecule has 0 aliphatic rings. The maximum atomic E-state index is 13.5. The number of aromatic hydroxyl groups is 1. The molecule has 7 heteroatoms. The van der Waals surface area contributed by atoms with Gasteiger partial charge < -0.3 is 9.84 Å². The Balaban J connectivity index is 2.45. The number of rotatable bonds is 2. The van der Waals surface area contributed by atoms with E-state index in [9.17, 15) is 27.1 Å². The van der Waals surface area contributed by atoms with E-state index in [-0.39, 0.29) is 11.1 Å². The van der Waals surface area contributed by atoms with Crippen LogP contribution in [0.2, 0.25) is 0 Å². The van der Waals surface area contributed by atoms with Crippen molar-refractivity contribution in [2.45, 2.75) is 6.36 Å². The molecule has 0 radical (unpaired) electrons. The summed E-state index contributed by atoms with van der Waals surface area (Å²) in [6.45, 7) is 0. The van der Waals surface area contributed by atoms with Crippen LogP contribution in [0.3, 0.4) is 0 Å². The van der Waals surface area contributed by atoms with E-state index in [1.54, 1.807) is 0 Å². The summed E-state index contributed by atoms with van der Waals surface area (Å²) in [6, 6.07) is 5.59. The van der Waals surface area contributed by atoms with Crippen LogP contribution in [0.5, 0.6) is 11.5 Å². The second-order valence-electron chi connectivity index (χ2n) is 3.85. The van der Waals surface area contributed by atoms with Crippen LogP contribution in [-0.2, 0) is 0 Å². The molecule has 0 saturated heterocycles. The summed E-state index contributed by atoms with van der Waals surface area (Å²) in [5.41, 5.74) is -0.0991. The lowest BCUT2D eigenvalue weighted by Crippen LogP contribution is -2.17. The fraction of sp³-hybridized carbons (Fsp3) is 0.0769. The highest BCUT2D eigenvalue weighted by Crippen LogP contribution is 2.35. The lowest BCUT2D eigenvalue weighted by Gasteiger charge is -2.12. The van der Waals surface area contributed by atoms with E-state index < -0.39 is 29.5 Å². The Morgan fingerprint density at radius 3 is 2.25 bits per heavy atom. The van der Waals surface area contributed by atoms with E-state index in [4.69, 9.17) is 0 Å². The van der Waals surface area contributed by atoms with E-state index in [1.807, 2.05) is 0 Å². The van der Waals surface area contributed by atoms with Crippen LogP contribution in [0.15, 0.2) is 36.4 Å². The smallest absolute Gasteiger partial charge is 0.504 e. The molecule has 0 spiro atoms. The monoisotopic (exact) mass is 290 g/mol. The molecule has 2 nitrogen and oxygen atoms in total. The zero-order valence-corrected chi connectivity index (χ0v) is 9.71. The molecule has 0 aliphatic carbocycles. The molecule has 0 unspecified atom stereocenters. The Bertz CT molecular complexity index is 637. The van der Waals surface area contributed by atoms with Crippen LogP contribution in [0.4, 0.5) is 22.0 Å². The lowest BCUT2D eigenvalue weighted by molar-refractivity contribution is -0.275. The zero-order valence-electron chi connectivity index (χ0n) is 9.71. The van der Waals surface area contributed by atoms with Gasteiger partial charge in [-0.1, -0.05) is 6.07 Å². The van der Waals surface area contributed by atoms with Gasteiger partial charge in [0, 0.05) is 11.6 Å². The molecule has 2 rings (SSSR count). The van der Waals surface area contributed by atoms with Crippen molar-refractivity contribution in [3.05, 3.63) is 48.0 Å². The standard InChI is InChI=1S/C13H7F5O2/c14-8-2-3-9(10(15)6-8)7-1-4-11(19)12(5-7)20-13(16,17)18/h1-6,19H. The average molecular weight is 290 g/mol. The van der Waals surface area contributed by atoms with Gasteiger partial charge in [0.2, 0.25) is 0 Å². The third kappa shape index (κ3) is 3.17. The van der Waals surface area contributed by atoms with Crippen molar-refractivity contribution in [3.8, 4) is 22.6 Å². The second kappa shape index (κ2) is 4.99. The van der Waals surface area contributed by atoms with Crippen LogP contribution >= 0.6 is 0 Å². The number of halogens is 5. The van der Waals surface area contributed by atoms with Gasteiger partial charge in [-0.2, -0.15) is 0 Å². The lowest BCUT2D eigenvalue weighted by atomic mass is 10.0. The van der Waals surface area contributed by atoms with E-state index in [0.29, 0.717) is 6.07 Å². The van der Waals surface area contributed by atoms with E-state index in [1.165, 1.54) is 6.07 Å². The highest BCUT2D eigenvalue weighted by Gasteiger charge is 2.32. The van der Waals surface area contributed by atoms with Gasteiger partial charge in [0.05, 0.1) is 0 Å². The number of phenolic OH excluding ortho intramolecular Hbond substituents is 1. The molecule has 2 aromatic rings. The van der Waals surface area contributed by atoms with Crippen LogP contribution in [0.25, 0.3) is 11.1 Å². The summed E-state index contributed by atoms with van der Waals surface area (Å²) < 4.78 is 66.3. The molecule has 0 fully saturated rings. The molecule has 106 valence electrons. The molecular formula is C13H7F5O2. The largest absolute Gasteiger partial charge is 0.573 e. The molecule has 0 amide bonds. The van der Waals surface area contributed by atoms with E-state index in [2.05, 4.69) is 4.74 Å². The Morgan fingerprint density at radius 1 is 0.950 bits per heavy atom. The van der Waals surface area contributed by atoms with Gasteiger partial charge in [0.1, 0.15) is 11.6 Å². The Labute approximate surface area is 110 Å². The van der Waals surface area contributed by atoms with Crippen LogP contribution < -0.4 is 4.74 Å². The number of phenols is 1. The van der Waals surface area contributed by atoms with Crippen molar-refractivity contribution in [1.82, 2.24) is 0 Å². The van der Waals surface area contributed by atoms with Gasteiger partial charge in [-0.05, 0) is 29.8 Å². The third-order valence-corrected chi connectivity index (χ3v) is 2.43. The predicted octanol–water partition coefficient (Wildman–Crippen LogP) is 4.24. The van der Waals surface area contributed by atoms with Crippen molar-refractivity contribution in [2.24, 2.45) is 0 Å². The van der Waals surface area contributed by atoms with Crippen molar-refractivity contribution in [3.63, 3.8) is 0 Å². The fourth-order valence-corrected chi connectivity index (χ4v) is 1.61. The van der Waals surface area contributed by atoms with E-state index in [0.717, 1.165) is 24.3 Å². The highest BCUT2D eigenvalue weighted by molar-refractivity contribution is 5.67. The molecular weight excluding hydrogens is 283 g/mol. The van der Waals surface area contributed by atoms with Crippen molar-refractivity contribution in [1.29, 1.82) is 0 Å². The first-order valence-corrected chi connectivity index (χ1v) is 5.30. The van der Waals surface area contributed by atoms with Gasteiger partial charge in [0.15, 0.2) is 11.5 Å². The minimum Gasteiger partial charge on any atom is -0.504 e. The zero-order chi connectivity index (χ0) is 14.9. The van der Waals surface area contributed by atoms with Gasteiger partial charge in [-0.25, -0.2) is 8.78 Å². The molecule has 1 N–H and O–H groups in total.